The van der Waals surface area contributed by atoms with Crippen LogP contribution in [0.15, 0.2) is 188 Å². The summed E-state index contributed by atoms with van der Waals surface area (Å²) in [6, 6.07) is 69.7. The fourth-order valence-electron chi connectivity index (χ4n) is 8.95. The van der Waals surface area contributed by atoms with E-state index >= 15 is 0 Å². The molecule has 9 aromatic rings. The quantitative estimate of drug-likeness (QED) is 0.181. The van der Waals surface area contributed by atoms with Crippen molar-refractivity contribution in [3.05, 3.63) is 210 Å². The highest BCUT2D eigenvalue weighted by Crippen LogP contribution is 2.63. The number of benzene rings is 8. The molecule has 0 bridgehead atoms. The summed E-state index contributed by atoms with van der Waals surface area (Å²) >= 11 is 1.86. The molecule has 0 unspecified atom stereocenters. The molecule has 0 fully saturated rings. The van der Waals surface area contributed by atoms with Crippen LogP contribution in [0.2, 0.25) is 0 Å². The van der Waals surface area contributed by atoms with Crippen molar-refractivity contribution in [1.29, 1.82) is 0 Å². The van der Waals surface area contributed by atoms with E-state index in [2.05, 4.69) is 193 Å². The Morgan fingerprint density at radius 1 is 0.333 bits per heavy atom. The summed E-state index contributed by atoms with van der Waals surface area (Å²) in [7, 11) is 0. The van der Waals surface area contributed by atoms with Gasteiger partial charge >= 0.3 is 0 Å². The van der Waals surface area contributed by atoms with E-state index in [4.69, 9.17) is 0 Å². The zero-order valence-electron chi connectivity index (χ0n) is 27.8. The molecule has 2 aliphatic carbocycles. The van der Waals surface area contributed by atoms with Gasteiger partial charge < -0.3 is 4.90 Å². The summed E-state index contributed by atoms with van der Waals surface area (Å²) in [5.74, 6) is 0. The molecule has 1 heterocycles. The zero-order valence-corrected chi connectivity index (χ0v) is 28.6. The number of anilines is 3. The standard InChI is InChI=1S/C49H31NS/c1-2-12-34(13-3-1)50(35-25-22-32(23-26-35)33-24-29-48-42(30-33)41-17-7-11-21-47(41)51-48)36-27-28-40-39-16-6-10-20-45(39)49(46(40)31-36)43-18-8-4-14-37(43)38-15-5-9-19-44(38)49/h1-31H. The first-order valence-corrected chi connectivity index (χ1v) is 18.4. The summed E-state index contributed by atoms with van der Waals surface area (Å²) in [4.78, 5) is 2.41. The average molecular weight is 666 g/mol. The summed E-state index contributed by atoms with van der Waals surface area (Å²) in [5, 5.41) is 2.65. The van der Waals surface area contributed by atoms with Crippen LogP contribution in [0, 0.1) is 0 Å². The summed E-state index contributed by atoms with van der Waals surface area (Å²) in [6.45, 7) is 0. The molecular formula is C49H31NS. The number of para-hydroxylation sites is 1. The summed E-state index contributed by atoms with van der Waals surface area (Å²) < 4.78 is 2.66. The van der Waals surface area contributed by atoms with Gasteiger partial charge in [0.25, 0.3) is 0 Å². The largest absolute Gasteiger partial charge is 0.310 e. The molecule has 1 nitrogen and oxygen atoms in total. The lowest BCUT2D eigenvalue weighted by Crippen LogP contribution is -2.26. The molecule has 0 N–H and O–H groups in total. The molecular weight excluding hydrogens is 635 g/mol. The van der Waals surface area contributed by atoms with Crippen molar-refractivity contribution in [2.24, 2.45) is 0 Å². The van der Waals surface area contributed by atoms with E-state index < -0.39 is 0 Å². The summed E-state index contributed by atoms with van der Waals surface area (Å²) in [5.41, 5.74) is 16.2. The van der Waals surface area contributed by atoms with E-state index in [9.17, 15) is 0 Å². The number of hydrogen-bond acceptors (Lipinski definition) is 2. The van der Waals surface area contributed by atoms with Crippen molar-refractivity contribution >= 4 is 48.6 Å². The minimum absolute atomic E-state index is 0.383. The van der Waals surface area contributed by atoms with E-state index in [-0.39, 0.29) is 5.41 Å². The number of nitrogens with zero attached hydrogens (tertiary/aromatic N) is 1. The van der Waals surface area contributed by atoms with Crippen LogP contribution in [0.5, 0.6) is 0 Å². The lowest BCUT2D eigenvalue weighted by molar-refractivity contribution is 0.793. The molecule has 0 aliphatic heterocycles. The van der Waals surface area contributed by atoms with E-state index in [0.717, 1.165) is 17.1 Å². The Labute approximate surface area is 301 Å². The Morgan fingerprint density at radius 3 is 1.53 bits per heavy atom. The topological polar surface area (TPSA) is 3.24 Å². The lowest BCUT2D eigenvalue weighted by atomic mass is 9.70. The maximum atomic E-state index is 2.46. The van der Waals surface area contributed by atoms with Crippen LogP contribution in [0.4, 0.5) is 17.1 Å². The van der Waals surface area contributed by atoms with Crippen molar-refractivity contribution in [1.82, 2.24) is 0 Å². The smallest absolute Gasteiger partial charge is 0.0726 e. The third-order valence-electron chi connectivity index (χ3n) is 11.1. The van der Waals surface area contributed by atoms with Gasteiger partial charge in [0.05, 0.1) is 5.41 Å². The maximum Gasteiger partial charge on any atom is 0.0726 e. The Kier molecular flexibility index (Phi) is 6.11. The van der Waals surface area contributed by atoms with Crippen molar-refractivity contribution in [2.45, 2.75) is 5.41 Å². The van der Waals surface area contributed by atoms with Gasteiger partial charge in [-0.15, -0.1) is 11.3 Å². The van der Waals surface area contributed by atoms with Crippen LogP contribution < -0.4 is 4.90 Å². The second-order valence-electron chi connectivity index (χ2n) is 13.6. The van der Waals surface area contributed by atoms with Gasteiger partial charge in [0, 0.05) is 37.2 Å². The molecule has 0 amide bonds. The van der Waals surface area contributed by atoms with Crippen molar-refractivity contribution in [3.8, 4) is 33.4 Å². The minimum atomic E-state index is -0.383. The van der Waals surface area contributed by atoms with Gasteiger partial charge in [0.15, 0.2) is 0 Å². The second-order valence-corrected chi connectivity index (χ2v) is 14.7. The van der Waals surface area contributed by atoms with E-state index in [1.807, 2.05) is 11.3 Å². The predicted octanol–water partition coefficient (Wildman–Crippen LogP) is 13.5. The molecule has 1 aromatic heterocycles. The van der Waals surface area contributed by atoms with Crippen LogP contribution in [-0.4, -0.2) is 0 Å². The maximum absolute atomic E-state index is 2.46. The van der Waals surface area contributed by atoms with Gasteiger partial charge in [-0.3, -0.25) is 0 Å². The lowest BCUT2D eigenvalue weighted by Gasteiger charge is -2.32. The highest BCUT2D eigenvalue weighted by atomic mass is 32.1. The first-order chi connectivity index (χ1) is 25.3. The Morgan fingerprint density at radius 2 is 0.843 bits per heavy atom. The highest BCUT2D eigenvalue weighted by molar-refractivity contribution is 7.25. The van der Waals surface area contributed by atoms with Gasteiger partial charge in [-0.25, -0.2) is 0 Å². The molecule has 2 aliphatic rings. The molecule has 8 aromatic carbocycles. The third-order valence-corrected chi connectivity index (χ3v) is 12.2. The van der Waals surface area contributed by atoms with E-state index in [1.165, 1.54) is 75.8 Å². The fourth-order valence-corrected chi connectivity index (χ4v) is 10.0. The van der Waals surface area contributed by atoms with Crippen LogP contribution in [-0.2, 0) is 5.41 Å². The van der Waals surface area contributed by atoms with Crippen molar-refractivity contribution < 1.29 is 0 Å². The Bertz CT molecular complexity index is 2750. The average Bonchev–Trinajstić information content (AvgIpc) is 3.82. The Hall–Kier alpha value is -6.22. The van der Waals surface area contributed by atoms with Crippen molar-refractivity contribution in [3.63, 3.8) is 0 Å². The highest BCUT2D eigenvalue weighted by Gasteiger charge is 2.51. The molecule has 238 valence electrons. The van der Waals surface area contributed by atoms with Crippen LogP contribution in [0.25, 0.3) is 53.6 Å². The van der Waals surface area contributed by atoms with E-state index in [0.29, 0.717) is 0 Å². The SMILES string of the molecule is c1ccc(N(c2ccc(-c3ccc4sc5ccccc5c4c3)cc2)c2ccc3c(c2)C2(c4ccccc4-c4ccccc42)c2ccccc2-3)cc1. The van der Waals surface area contributed by atoms with Gasteiger partial charge in [-0.2, -0.15) is 0 Å². The second kappa shape index (κ2) is 10.9. The first-order valence-electron chi connectivity index (χ1n) is 17.6. The minimum Gasteiger partial charge on any atom is -0.310 e. The fraction of sp³-hybridized carbons (Fsp3) is 0.0204. The van der Waals surface area contributed by atoms with Gasteiger partial charge in [-0.1, -0.05) is 133 Å². The monoisotopic (exact) mass is 665 g/mol. The molecule has 0 saturated carbocycles. The molecule has 1 spiro atoms. The third kappa shape index (κ3) is 4.03. The first kappa shape index (κ1) is 28.6. The number of rotatable bonds is 4. The summed E-state index contributed by atoms with van der Waals surface area (Å²) in [6.07, 6.45) is 0. The zero-order chi connectivity index (χ0) is 33.5. The molecule has 0 radical (unpaired) electrons. The van der Waals surface area contributed by atoms with Gasteiger partial charge in [0.1, 0.15) is 0 Å². The molecule has 0 atom stereocenters. The molecule has 51 heavy (non-hydrogen) atoms. The van der Waals surface area contributed by atoms with E-state index in [1.54, 1.807) is 0 Å². The molecule has 11 rings (SSSR count). The normalized spacial score (nSPS) is 13.3. The van der Waals surface area contributed by atoms with Gasteiger partial charge in [-0.05, 0) is 110 Å². The molecule has 2 heteroatoms. The van der Waals surface area contributed by atoms with Crippen LogP contribution >= 0.6 is 11.3 Å². The number of hydrogen-bond donors (Lipinski definition) is 0. The van der Waals surface area contributed by atoms with Gasteiger partial charge in [0.2, 0.25) is 0 Å². The predicted molar refractivity (Wildman–Crippen MR) is 216 cm³/mol. The number of fused-ring (bicyclic) bond motifs is 13. The number of thiophene rings is 1. The van der Waals surface area contributed by atoms with Crippen molar-refractivity contribution in [2.75, 3.05) is 4.90 Å². The Balaban J connectivity index is 1.08. The van der Waals surface area contributed by atoms with Crippen LogP contribution in [0.1, 0.15) is 22.3 Å². The van der Waals surface area contributed by atoms with Crippen LogP contribution in [0.3, 0.4) is 0 Å². The molecule has 0 saturated heterocycles.